The number of rotatable bonds is 4. The van der Waals surface area contributed by atoms with E-state index in [-0.39, 0.29) is 16.1 Å². The van der Waals surface area contributed by atoms with Crippen LogP contribution in [0.15, 0.2) is 16.6 Å². The predicted octanol–water partition coefficient (Wildman–Crippen LogP) is 4.37. The minimum atomic E-state index is -1.14. The fourth-order valence-electron chi connectivity index (χ4n) is 2.54. The summed E-state index contributed by atoms with van der Waals surface area (Å²) in [4.78, 5) is 10.9. The van der Waals surface area contributed by atoms with Gasteiger partial charge in [-0.1, -0.05) is 6.42 Å². The smallest absolute Gasteiger partial charge is 0.336 e. The third kappa shape index (κ3) is 3.47. The highest BCUT2D eigenvalue weighted by Gasteiger charge is 2.23. The molecule has 1 aromatic rings. The molecule has 0 saturated heterocycles. The van der Waals surface area contributed by atoms with Gasteiger partial charge in [0.25, 0.3) is 0 Å². The molecular weight excluding hydrogens is 345 g/mol. The minimum absolute atomic E-state index is 0.00669. The van der Waals surface area contributed by atoms with Gasteiger partial charge in [0.05, 0.1) is 15.7 Å². The summed E-state index contributed by atoms with van der Waals surface area (Å²) in [5.41, 5.74) is 0.312. The number of hydrogen-bond acceptors (Lipinski definition) is 3. The van der Waals surface area contributed by atoms with Crippen molar-refractivity contribution in [2.45, 2.75) is 37.0 Å². The summed E-state index contributed by atoms with van der Waals surface area (Å²) in [6.45, 7) is 0. The zero-order chi connectivity index (χ0) is 14.7. The maximum atomic E-state index is 14.2. The second-order valence-electron chi connectivity index (χ2n) is 4.96. The number of benzene rings is 1. The molecule has 110 valence electrons. The molecule has 0 amide bonds. The van der Waals surface area contributed by atoms with E-state index in [0.29, 0.717) is 10.9 Å². The van der Waals surface area contributed by atoms with Crippen LogP contribution in [0.5, 0.6) is 0 Å². The molecule has 1 aromatic carbocycles. The minimum Gasteiger partial charge on any atom is -0.478 e. The monoisotopic (exact) mass is 361 g/mol. The van der Waals surface area contributed by atoms with E-state index in [1.165, 1.54) is 18.6 Å². The van der Waals surface area contributed by atoms with Crippen LogP contribution in [-0.4, -0.2) is 28.6 Å². The summed E-state index contributed by atoms with van der Waals surface area (Å²) in [6, 6.07) is 3.18. The Labute approximate surface area is 130 Å². The Bertz CT molecular complexity index is 512. The Balaban J connectivity index is 2.14. The summed E-state index contributed by atoms with van der Waals surface area (Å²) in [7, 11) is 0. The van der Waals surface area contributed by atoms with Crippen LogP contribution in [0.2, 0.25) is 0 Å². The van der Waals surface area contributed by atoms with Gasteiger partial charge in [-0.15, -0.1) is 0 Å². The lowest BCUT2D eigenvalue weighted by Gasteiger charge is -2.29. The van der Waals surface area contributed by atoms with Crippen molar-refractivity contribution in [3.63, 3.8) is 0 Å². The van der Waals surface area contributed by atoms with Crippen LogP contribution in [0.4, 0.5) is 10.1 Å². The summed E-state index contributed by atoms with van der Waals surface area (Å²) in [5.74, 6) is -1.67. The number of nitrogens with one attached hydrogen (secondary N) is 1. The molecule has 2 atom stereocenters. The topological polar surface area (TPSA) is 49.3 Å². The van der Waals surface area contributed by atoms with Gasteiger partial charge >= 0.3 is 5.97 Å². The quantitative estimate of drug-likeness (QED) is 0.835. The number of carboxylic acid groups (broad SMARTS) is 1. The molecule has 2 unspecified atom stereocenters. The van der Waals surface area contributed by atoms with Crippen molar-refractivity contribution < 1.29 is 14.3 Å². The van der Waals surface area contributed by atoms with Crippen molar-refractivity contribution in [3.05, 3.63) is 28.0 Å². The van der Waals surface area contributed by atoms with Crippen molar-refractivity contribution in [1.29, 1.82) is 0 Å². The first kappa shape index (κ1) is 15.6. The SMILES string of the molecule is CSC1CCCC(Nc2ccc(C(=O)O)c(Br)c2F)C1. The normalized spacial score (nSPS) is 22.6. The molecule has 1 aliphatic rings. The van der Waals surface area contributed by atoms with Crippen molar-refractivity contribution >= 4 is 39.3 Å². The Hall–Kier alpha value is -0.750. The van der Waals surface area contributed by atoms with E-state index in [2.05, 4.69) is 27.5 Å². The molecule has 0 aliphatic heterocycles. The maximum Gasteiger partial charge on any atom is 0.336 e. The molecule has 3 nitrogen and oxygen atoms in total. The summed E-state index contributed by atoms with van der Waals surface area (Å²) >= 11 is 4.88. The van der Waals surface area contributed by atoms with Crippen LogP contribution in [-0.2, 0) is 0 Å². The van der Waals surface area contributed by atoms with Crippen molar-refractivity contribution in [1.82, 2.24) is 0 Å². The molecule has 2 rings (SSSR count). The van der Waals surface area contributed by atoms with Crippen LogP contribution >= 0.6 is 27.7 Å². The molecule has 0 spiro atoms. The van der Waals surface area contributed by atoms with Gasteiger partial charge in [0.2, 0.25) is 0 Å². The predicted molar refractivity (Wildman–Crippen MR) is 84.2 cm³/mol. The fourth-order valence-corrected chi connectivity index (χ4v) is 3.88. The van der Waals surface area contributed by atoms with Gasteiger partial charge in [0, 0.05) is 11.3 Å². The number of carboxylic acids is 1. The zero-order valence-electron chi connectivity index (χ0n) is 11.2. The zero-order valence-corrected chi connectivity index (χ0v) is 13.6. The van der Waals surface area contributed by atoms with Gasteiger partial charge in [-0.2, -0.15) is 11.8 Å². The maximum absolute atomic E-state index is 14.2. The first-order valence-electron chi connectivity index (χ1n) is 6.53. The van der Waals surface area contributed by atoms with Crippen molar-refractivity contribution in [3.8, 4) is 0 Å². The molecule has 20 heavy (non-hydrogen) atoms. The third-order valence-electron chi connectivity index (χ3n) is 3.63. The fraction of sp³-hybridized carbons (Fsp3) is 0.500. The van der Waals surface area contributed by atoms with Gasteiger partial charge in [-0.3, -0.25) is 0 Å². The Morgan fingerprint density at radius 1 is 1.50 bits per heavy atom. The molecule has 0 radical (unpaired) electrons. The van der Waals surface area contributed by atoms with Gasteiger partial charge in [-0.25, -0.2) is 9.18 Å². The number of thioether (sulfide) groups is 1. The van der Waals surface area contributed by atoms with E-state index in [1.54, 1.807) is 0 Å². The first-order chi connectivity index (χ1) is 9.52. The highest BCUT2D eigenvalue weighted by molar-refractivity contribution is 9.10. The number of anilines is 1. The lowest BCUT2D eigenvalue weighted by molar-refractivity contribution is 0.0695. The van der Waals surface area contributed by atoms with Gasteiger partial charge in [0.15, 0.2) is 5.82 Å². The highest BCUT2D eigenvalue weighted by atomic mass is 79.9. The summed E-state index contributed by atoms with van der Waals surface area (Å²) < 4.78 is 14.2. The van der Waals surface area contributed by atoms with E-state index in [0.717, 1.165) is 19.3 Å². The molecule has 1 aliphatic carbocycles. The van der Waals surface area contributed by atoms with E-state index in [1.807, 2.05) is 11.8 Å². The van der Waals surface area contributed by atoms with Crippen molar-refractivity contribution in [2.75, 3.05) is 11.6 Å². The lowest BCUT2D eigenvalue weighted by Crippen LogP contribution is -2.29. The van der Waals surface area contributed by atoms with Crippen LogP contribution in [0.25, 0.3) is 0 Å². The number of halogens is 2. The molecule has 0 bridgehead atoms. The Morgan fingerprint density at radius 3 is 2.90 bits per heavy atom. The van der Waals surface area contributed by atoms with Gasteiger partial charge in [-0.05, 0) is 53.6 Å². The van der Waals surface area contributed by atoms with Crippen LogP contribution < -0.4 is 5.32 Å². The average Bonchev–Trinajstić information content (AvgIpc) is 2.44. The number of hydrogen-bond donors (Lipinski definition) is 2. The van der Waals surface area contributed by atoms with E-state index in [4.69, 9.17) is 5.11 Å². The molecule has 1 saturated carbocycles. The average molecular weight is 362 g/mol. The van der Waals surface area contributed by atoms with Gasteiger partial charge < -0.3 is 10.4 Å². The third-order valence-corrected chi connectivity index (χ3v) is 5.50. The van der Waals surface area contributed by atoms with E-state index >= 15 is 0 Å². The lowest BCUT2D eigenvalue weighted by atomic mass is 9.94. The molecule has 1 fully saturated rings. The molecule has 0 aromatic heterocycles. The van der Waals surface area contributed by atoms with Crippen LogP contribution in [0.3, 0.4) is 0 Å². The van der Waals surface area contributed by atoms with Gasteiger partial charge in [0.1, 0.15) is 0 Å². The van der Waals surface area contributed by atoms with E-state index in [9.17, 15) is 9.18 Å². The van der Waals surface area contributed by atoms with E-state index < -0.39 is 11.8 Å². The Kier molecular flexibility index (Phi) is 5.32. The first-order valence-corrected chi connectivity index (χ1v) is 8.61. The largest absolute Gasteiger partial charge is 0.478 e. The molecule has 0 heterocycles. The Morgan fingerprint density at radius 2 is 2.25 bits per heavy atom. The molecular formula is C14H17BrFNO2S. The second kappa shape index (κ2) is 6.80. The summed E-state index contributed by atoms with van der Waals surface area (Å²) in [5, 5.41) is 12.8. The second-order valence-corrected chi connectivity index (χ2v) is 6.89. The number of aromatic carboxylic acids is 1. The van der Waals surface area contributed by atoms with Crippen LogP contribution in [0.1, 0.15) is 36.0 Å². The highest BCUT2D eigenvalue weighted by Crippen LogP contribution is 2.32. The standard InChI is InChI=1S/C14H17BrFNO2S/c1-20-9-4-2-3-8(7-9)17-11-6-5-10(14(18)19)12(15)13(11)16/h5-6,8-9,17H,2-4,7H2,1H3,(H,18,19). The molecule has 2 N–H and O–H groups in total. The molecule has 6 heteroatoms. The summed E-state index contributed by atoms with van der Waals surface area (Å²) in [6.07, 6.45) is 6.49. The number of carbonyl (C=O) groups is 1. The van der Waals surface area contributed by atoms with Crippen LogP contribution in [0, 0.1) is 5.82 Å². The van der Waals surface area contributed by atoms with Crippen molar-refractivity contribution in [2.24, 2.45) is 0 Å².